The SMILES string of the molecule is Cc1c(Br)cnn1CC(=O)Nc1cnn(Cc2ccccc2Cl)c1. The smallest absolute Gasteiger partial charge is 0.246 e. The van der Waals surface area contributed by atoms with Crippen molar-refractivity contribution in [3.63, 3.8) is 0 Å². The Morgan fingerprint density at radius 3 is 2.79 bits per heavy atom. The predicted molar refractivity (Wildman–Crippen MR) is 96.1 cm³/mol. The Kier molecular flexibility index (Phi) is 5.01. The second-order valence-corrected chi connectivity index (χ2v) is 6.56. The highest BCUT2D eigenvalue weighted by Crippen LogP contribution is 2.17. The molecule has 0 unspecified atom stereocenters. The Hall–Kier alpha value is -2.12. The lowest BCUT2D eigenvalue weighted by molar-refractivity contribution is -0.116. The molecular formula is C16H15BrClN5O. The maximum Gasteiger partial charge on any atom is 0.246 e. The molecule has 0 radical (unpaired) electrons. The van der Waals surface area contributed by atoms with E-state index in [1.807, 2.05) is 31.2 Å². The third-order valence-corrected chi connectivity index (χ3v) is 4.69. The fraction of sp³-hybridized carbons (Fsp3) is 0.188. The molecule has 0 spiro atoms. The zero-order valence-corrected chi connectivity index (χ0v) is 15.3. The van der Waals surface area contributed by atoms with E-state index in [9.17, 15) is 4.79 Å². The first-order chi connectivity index (χ1) is 11.5. The normalized spacial score (nSPS) is 10.8. The van der Waals surface area contributed by atoms with Gasteiger partial charge in [0.1, 0.15) is 6.54 Å². The van der Waals surface area contributed by atoms with E-state index in [1.165, 1.54) is 0 Å². The van der Waals surface area contributed by atoms with Gasteiger partial charge in [-0.05, 0) is 34.5 Å². The van der Waals surface area contributed by atoms with Crippen molar-refractivity contribution in [2.75, 3.05) is 5.32 Å². The highest BCUT2D eigenvalue weighted by molar-refractivity contribution is 9.10. The molecule has 0 aliphatic heterocycles. The largest absolute Gasteiger partial charge is 0.322 e. The first kappa shape index (κ1) is 16.7. The molecule has 0 bridgehead atoms. The summed E-state index contributed by atoms with van der Waals surface area (Å²) in [6.45, 7) is 2.58. The summed E-state index contributed by atoms with van der Waals surface area (Å²) >= 11 is 9.52. The van der Waals surface area contributed by atoms with Gasteiger partial charge in [-0.2, -0.15) is 10.2 Å². The number of rotatable bonds is 5. The van der Waals surface area contributed by atoms with Crippen LogP contribution in [0.25, 0.3) is 0 Å². The summed E-state index contributed by atoms with van der Waals surface area (Å²) < 4.78 is 4.24. The molecule has 124 valence electrons. The number of hydrogen-bond acceptors (Lipinski definition) is 3. The maximum atomic E-state index is 12.1. The highest BCUT2D eigenvalue weighted by Gasteiger charge is 2.10. The molecule has 0 aliphatic rings. The molecule has 24 heavy (non-hydrogen) atoms. The van der Waals surface area contributed by atoms with Crippen LogP contribution in [0.2, 0.25) is 5.02 Å². The van der Waals surface area contributed by atoms with E-state index in [-0.39, 0.29) is 12.5 Å². The van der Waals surface area contributed by atoms with E-state index < -0.39 is 0 Å². The Morgan fingerprint density at radius 2 is 2.08 bits per heavy atom. The van der Waals surface area contributed by atoms with Crippen molar-refractivity contribution in [1.29, 1.82) is 0 Å². The summed E-state index contributed by atoms with van der Waals surface area (Å²) in [7, 11) is 0. The van der Waals surface area contributed by atoms with Gasteiger partial charge >= 0.3 is 0 Å². The van der Waals surface area contributed by atoms with Crippen LogP contribution in [0.4, 0.5) is 5.69 Å². The van der Waals surface area contributed by atoms with Gasteiger partial charge in [0.05, 0.1) is 34.8 Å². The van der Waals surface area contributed by atoms with Crippen LogP contribution in [0.1, 0.15) is 11.3 Å². The van der Waals surface area contributed by atoms with Crippen molar-refractivity contribution in [3.8, 4) is 0 Å². The predicted octanol–water partition coefficient (Wildman–Crippen LogP) is 3.49. The van der Waals surface area contributed by atoms with Crippen LogP contribution in [0.5, 0.6) is 0 Å². The Morgan fingerprint density at radius 1 is 1.29 bits per heavy atom. The molecule has 1 N–H and O–H groups in total. The van der Waals surface area contributed by atoms with Crippen LogP contribution in [0.15, 0.2) is 47.3 Å². The molecule has 0 aliphatic carbocycles. The number of halogens is 2. The summed E-state index contributed by atoms with van der Waals surface area (Å²) in [5, 5.41) is 11.9. The summed E-state index contributed by atoms with van der Waals surface area (Å²) in [5.74, 6) is -0.161. The topological polar surface area (TPSA) is 64.7 Å². The Balaban J connectivity index is 1.62. The molecule has 8 heteroatoms. The second kappa shape index (κ2) is 7.19. The first-order valence-corrected chi connectivity index (χ1v) is 8.43. The number of nitrogens with zero attached hydrogens (tertiary/aromatic N) is 4. The monoisotopic (exact) mass is 407 g/mol. The lowest BCUT2D eigenvalue weighted by Crippen LogP contribution is -2.20. The van der Waals surface area contributed by atoms with Gasteiger partial charge in [-0.3, -0.25) is 14.2 Å². The van der Waals surface area contributed by atoms with E-state index in [4.69, 9.17) is 11.6 Å². The number of amides is 1. The zero-order chi connectivity index (χ0) is 17.1. The van der Waals surface area contributed by atoms with Crippen LogP contribution in [-0.2, 0) is 17.9 Å². The Labute approximate surface area is 152 Å². The fourth-order valence-electron chi connectivity index (χ4n) is 2.24. The zero-order valence-electron chi connectivity index (χ0n) is 12.9. The van der Waals surface area contributed by atoms with Crippen LogP contribution < -0.4 is 5.32 Å². The molecule has 0 saturated heterocycles. The molecule has 3 aromatic rings. The lowest BCUT2D eigenvalue weighted by Gasteiger charge is -2.05. The molecule has 0 saturated carbocycles. The average molecular weight is 409 g/mol. The van der Waals surface area contributed by atoms with Crippen LogP contribution in [0.3, 0.4) is 0 Å². The molecule has 3 rings (SSSR count). The van der Waals surface area contributed by atoms with Crippen molar-refractivity contribution in [2.45, 2.75) is 20.0 Å². The van der Waals surface area contributed by atoms with Crippen molar-refractivity contribution >= 4 is 39.1 Å². The number of carbonyl (C=O) groups is 1. The standard InChI is InChI=1S/C16H15BrClN5O/c1-11-14(17)7-20-23(11)10-16(24)21-13-6-19-22(9-13)8-12-4-2-3-5-15(12)18/h2-7,9H,8,10H2,1H3,(H,21,24). The van der Waals surface area contributed by atoms with E-state index in [2.05, 4.69) is 31.4 Å². The first-order valence-electron chi connectivity index (χ1n) is 7.26. The number of benzene rings is 1. The third kappa shape index (κ3) is 3.85. The van der Waals surface area contributed by atoms with Crippen LogP contribution in [0, 0.1) is 6.92 Å². The summed E-state index contributed by atoms with van der Waals surface area (Å²) in [5.41, 5.74) is 2.51. The molecule has 2 heterocycles. The lowest BCUT2D eigenvalue weighted by atomic mass is 10.2. The molecule has 2 aromatic heterocycles. The van der Waals surface area contributed by atoms with Gasteiger partial charge in [-0.15, -0.1) is 0 Å². The van der Waals surface area contributed by atoms with Gasteiger partial charge in [0.2, 0.25) is 5.91 Å². The quantitative estimate of drug-likeness (QED) is 0.703. The van der Waals surface area contributed by atoms with Crippen molar-refractivity contribution in [2.24, 2.45) is 0 Å². The van der Waals surface area contributed by atoms with E-state index in [0.717, 1.165) is 15.7 Å². The fourth-order valence-corrected chi connectivity index (χ4v) is 2.73. The van der Waals surface area contributed by atoms with Gasteiger partial charge in [0, 0.05) is 11.2 Å². The molecule has 1 aromatic carbocycles. The number of nitrogens with one attached hydrogen (secondary N) is 1. The van der Waals surface area contributed by atoms with Crippen molar-refractivity contribution in [1.82, 2.24) is 19.6 Å². The van der Waals surface area contributed by atoms with Crippen molar-refractivity contribution in [3.05, 3.63) is 63.6 Å². The van der Waals surface area contributed by atoms with Gasteiger partial charge in [0.25, 0.3) is 0 Å². The minimum atomic E-state index is -0.161. The van der Waals surface area contributed by atoms with Crippen LogP contribution in [-0.4, -0.2) is 25.5 Å². The van der Waals surface area contributed by atoms with Crippen molar-refractivity contribution < 1.29 is 4.79 Å². The number of aromatic nitrogens is 4. The van der Waals surface area contributed by atoms with Gasteiger partial charge < -0.3 is 5.32 Å². The number of hydrogen-bond donors (Lipinski definition) is 1. The van der Waals surface area contributed by atoms with E-state index >= 15 is 0 Å². The molecule has 0 atom stereocenters. The van der Waals surface area contributed by atoms with E-state index in [1.54, 1.807) is 28.0 Å². The molecular weight excluding hydrogens is 394 g/mol. The van der Waals surface area contributed by atoms with E-state index in [0.29, 0.717) is 17.3 Å². The van der Waals surface area contributed by atoms with Gasteiger partial charge in [-0.25, -0.2) is 0 Å². The van der Waals surface area contributed by atoms with Gasteiger partial charge in [0.15, 0.2) is 0 Å². The summed E-state index contributed by atoms with van der Waals surface area (Å²) in [6, 6.07) is 7.60. The third-order valence-electron chi connectivity index (χ3n) is 3.54. The van der Waals surface area contributed by atoms with Gasteiger partial charge in [-0.1, -0.05) is 29.8 Å². The van der Waals surface area contributed by atoms with Crippen LogP contribution >= 0.6 is 27.5 Å². The molecule has 6 nitrogen and oxygen atoms in total. The minimum absolute atomic E-state index is 0.146. The second-order valence-electron chi connectivity index (χ2n) is 5.30. The molecule has 0 fully saturated rings. The number of anilines is 1. The summed E-state index contributed by atoms with van der Waals surface area (Å²) in [6.07, 6.45) is 5.05. The minimum Gasteiger partial charge on any atom is -0.322 e. The maximum absolute atomic E-state index is 12.1. The average Bonchev–Trinajstić information content (AvgIpc) is 3.11. The highest BCUT2D eigenvalue weighted by atomic mass is 79.9. The molecule has 1 amide bonds. The Bertz CT molecular complexity index is 873. The summed E-state index contributed by atoms with van der Waals surface area (Å²) in [4.78, 5) is 12.1. The number of carbonyl (C=O) groups excluding carboxylic acids is 1.